The molecule has 1 amide bonds. The minimum Gasteiger partial charge on any atom is -0.378 e. The van der Waals surface area contributed by atoms with Gasteiger partial charge in [-0.25, -0.2) is 0 Å². The zero-order valence-electron chi connectivity index (χ0n) is 13.0. The maximum absolute atomic E-state index is 12.4. The normalized spacial score (nSPS) is 36.6. The first-order valence-corrected chi connectivity index (χ1v) is 8.79. The molecule has 1 heterocycles. The van der Waals surface area contributed by atoms with Crippen molar-refractivity contribution in [3.05, 3.63) is 35.9 Å². The maximum Gasteiger partial charge on any atom is 0.222 e. The minimum absolute atomic E-state index is 0.148. The molecule has 2 aliphatic carbocycles. The molecule has 3 fully saturated rings. The summed E-state index contributed by atoms with van der Waals surface area (Å²) in [6.45, 7) is 0.818. The molecular weight excluding hydrogens is 274 g/mol. The Morgan fingerprint density at radius 3 is 2.68 bits per heavy atom. The van der Waals surface area contributed by atoms with Crippen LogP contribution in [0.5, 0.6) is 0 Å². The molecule has 1 saturated heterocycles. The lowest BCUT2D eigenvalue weighted by Crippen LogP contribution is -2.56. The molecule has 0 bridgehead atoms. The van der Waals surface area contributed by atoms with Crippen molar-refractivity contribution in [2.24, 2.45) is 11.8 Å². The molecule has 0 aromatic heterocycles. The first-order valence-electron chi connectivity index (χ1n) is 8.79. The molecule has 1 aliphatic heterocycles. The zero-order valence-corrected chi connectivity index (χ0v) is 13.0. The van der Waals surface area contributed by atoms with E-state index in [9.17, 15) is 4.79 Å². The second-order valence-electron chi connectivity index (χ2n) is 7.13. The smallest absolute Gasteiger partial charge is 0.222 e. The number of carbonyl (C=O) groups is 1. The van der Waals surface area contributed by atoms with Gasteiger partial charge in [-0.3, -0.25) is 4.79 Å². The number of hydrogen-bond donors (Lipinski definition) is 1. The molecule has 1 N–H and O–H groups in total. The minimum atomic E-state index is 0.148. The summed E-state index contributed by atoms with van der Waals surface area (Å²) >= 11 is 0. The Labute approximate surface area is 132 Å². The van der Waals surface area contributed by atoms with E-state index in [1.165, 1.54) is 24.8 Å². The van der Waals surface area contributed by atoms with E-state index >= 15 is 0 Å². The van der Waals surface area contributed by atoms with Gasteiger partial charge >= 0.3 is 0 Å². The Bertz CT molecular complexity index is 523. The third-order valence-electron chi connectivity index (χ3n) is 5.88. The van der Waals surface area contributed by atoms with Crippen LogP contribution in [0.15, 0.2) is 30.3 Å². The summed E-state index contributed by atoms with van der Waals surface area (Å²) in [5, 5.41) is 3.34. The first-order chi connectivity index (χ1) is 10.8. The van der Waals surface area contributed by atoms with Gasteiger partial charge in [0.05, 0.1) is 12.5 Å². The van der Waals surface area contributed by atoms with Crippen LogP contribution in [-0.2, 0) is 9.53 Å². The lowest BCUT2D eigenvalue weighted by Gasteiger charge is -2.49. The van der Waals surface area contributed by atoms with Crippen molar-refractivity contribution < 1.29 is 9.53 Å². The zero-order chi connectivity index (χ0) is 14.9. The first kappa shape index (κ1) is 14.3. The molecule has 5 atom stereocenters. The van der Waals surface area contributed by atoms with Gasteiger partial charge in [0.25, 0.3) is 0 Å². The summed E-state index contributed by atoms with van der Waals surface area (Å²) in [5.41, 5.74) is 1.40. The Kier molecular flexibility index (Phi) is 3.91. The van der Waals surface area contributed by atoms with Crippen LogP contribution in [0.2, 0.25) is 0 Å². The van der Waals surface area contributed by atoms with E-state index in [0.29, 0.717) is 24.3 Å². The average molecular weight is 299 g/mol. The molecule has 0 spiro atoms. The number of hydrogen-bond acceptors (Lipinski definition) is 2. The van der Waals surface area contributed by atoms with Gasteiger partial charge < -0.3 is 10.1 Å². The highest BCUT2D eigenvalue weighted by atomic mass is 16.5. The van der Waals surface area contributed by atoms with Crippen molar-refractivity contribution in [3.63, 3.8) is 0 Å². The topological polar surface area (TPSA) is 38.3 Å². The second-order valence-corrected chi connectivity index (χ2v) is 7.13. The van der Waals surface area contributed by atoms with Crippen LogP contribution in [0.4, 0.5) is 0 Å². The standard InChI is InChI=1S/C19H25NO2/c21-17(12-14-8-5-11-22-14)20-19-16-10-4-9-15(16)18(19)13-6-2-1-3-7-13/h1-3,6-7,14-16,18-19H,4-5,8-12H2,(H,20,21)/t14-,15+,16+,18-,19+/m0/s1. The molecule has 1 aromatic carbocycles. The predicted octanol–water partition coefficient (Wildman–Crippen LogP) is 3.25. The molecule has 3 aliphatic rings. The van der Waals surface area contributed by atoms with Crippen molar-refractivity contribution >= 4 is 5.91 Å². The van der Waals surface area contributed by atoms with Gasteiger partial charge in [0, 0.05) is 18.6 Å². The van der Waals surface area contributed by atoms with Crippen LogP contribution in [0.1, 0.15) is 50.0 Å². The molecule has 22 heavy (non-hydrogen) atoms. The van der Waals surface area contributed by atoms with Gasteiger partial charge in [-0.1, -0.05) is 36.8 Å². The van der Waals surface area contributed by atoms with E-state index < -0.39 is 0 Å². The third kappa shape index (κ3) is 2.56. The van der Waals surface area contributed by atoms with Gasteiger partial charge in [0.1, 0.15) is 0 Å². The fraction of sp³-hybridized carbons (Fsp3) is 0.632. The maximum atomic E-state index is 12.4. The van der Waals surface area contributed by atoms with Crippen LogP contribution in [0.3, 0.4) is 0 Å². The number of nitrogens with one attached hydrogen (secondary N) is 1. The van der Waals surface area contributed by atoms with Crippen LogP contribution in [-0.4, -0.2) is 24.7 Å². The van der Waals surface area contributed by atoms with E-state index in [0.717, 1.165) is 25.4 Å². The SMILES string of the molecule is O=C(C[C@@H]1CCCO1)N[C@@H]1[C@@H]2CCC[C@H]2[C@@H]1c1ccccc1. The Morgan fingerprint density at radius 1 is 1.09 bits per heavy atom. The molecule has 3 heteroatoms. The monoisotopic (exact) mass is 299 g/mol. The van der Waals surface area contributed by atoms with Crippen LogP contribution < -0.4 is 5.32 Å². The number of carbonyl (C=O) groups excluding carboxylic acids is 1. The summed E-state index contributed by atoms with van der Waals surface area (Å²) in [6.07, 6.45) is 6.73. The number of ether oxygens (including phenoxy) is 1. The van der Waals surface area contributed by atoms with Gasteiger partial charge in [-0.15, -0.1) is 0 Å². The fourth-order valence-corrected chi connectivity index (χ4v) is 4.88. The van der Waals surface area contributed by atoms with E-state index in [2.05, 4.69) is 35.6 Å². The highest BCUT2D eigenvalue weighted by Gasteiger charge is 2.53. The van der Waals surface area contributed by atoms with Gasteiger partial charge in [0.2, 0.25) is 5.91 Å². The number of benzene rings is 1. The molecule has 3 nitrogen and oxygen atoms in total. The van der Waals surface area contributed by atoms with Crippen LogP contribution >= 0.6 is 0 Å². The molecule has 0 unspecified atom stereocenters. The van der Waals surface area contributed by atoms with Gasteiger partial charge in [-0.05, 0) is 43.1 Å². The summed E-state index contributed by atoms with van der Waals surface area (Å²) in [4.78, 5) is 12.4. The van der Waals surface area contributed by atoms with E-state index in [4.69, 9.17) is 4.74 Å². The lowest BCUT2D eigenvalue weighted by molar-refractivity contribution is -0.126. The molecular formula is C19H25NO2. The highest BCUT2D eigenvalue weighted by Crippen LogP contribution is 2.55. The second kappa shape index (κ2) is 6.04. The van der Waals surface area contributed by atoms with Crippen molar-refractivity contribution in [2.45, 2.75) is 56.6 Å². The Hall–Kier alpha value is -1.35. The quantitative estimate of drug-likeness (QED) is 0.927. The van der Waals surface area contributed by atoms with Crippen molar-refractivity contribution in [3.8, 4) is 0 Å². The molecule has 4 rings (SSSR count). The average Bonchev–Trinajstić information content (AvgIpc) is 3.16. The molecule has 118 valence electrons. The summed E-state index contributed by atoms with van der Waals surface area (Å²) in [7, 11) is 0. The molecule has 1 aromatic rings. The van der Waals surface area contributed by atoms with Crippen molar-refractivity contribution in [1.82, 2.24) is 5.32 Å². The van der Waals surface area contributed by atoms with Gasteiger partial charge in [-0.2, -0.15) is 0 Å². The summed E-state index contributed by atoms with van der Waals surface area (Å²) in [5.74, 6) is 2.17. The van der Waals surface area contributed by atoms with Crippen LogP contribution in [0.25, 0.3) is 0 Å². The van der Waals surface area contributed by atoms with Gasteiger partial charge in [0.15, 0.2) is 0 Å². The number of rotatable bonds is 4. The van der Waals surface area contributed by atoms with E-state index in [1.54, 1.807) is 0 Å². The highest BCUT2D eigenvalue weighted by molar-refractivity contribution is 5.77. The summed E-state index contributed by atoms with van der Waals surface area (Å²) < 4.78 is 5.59. The van der Waals surface area contributed by atoms with E-state index in [-0.39, 0.29) is 12.0 Å². The van der Waals surface area contributed by atoms with Crippen molar-refractivity contribution in [2.75, 3.05) is 6.61 Å². The van der Waals surface area contributed by atoms with Crippen LogP contribution in [0, 0.1) is 11.8 Å². The van der Waals surface area contributed by atoms with Crippen molar-refractivity contribution in [1.29, 1.82) is 0 Å². The molecule has 0 radical (unpaired) electrons. The van der Waals surface area contributed by atoms with E-state index in [1.807, 2.05) is 0 Å². The molecule has 2 saturated carbocycles. The largest absolute Gasteiger partial charge is 0.378 e. The number of amides is 1. The number of fused-ring (bicyclic) bond motifs is 1. The third-order valence-corrected chi connectivity index (χ3v) is 5.88. The summed E-state index contributed by atoms with van der Waals surface area (Å²) in [6, 6.07) is 11.1. The Morgan fingerprint density at radius 2 is 1.91 bits per heavy atom. The predicted molar refractivity (Wildman–Crippen MR) is 85.5 cm³/mol. The Balaban J connectivity index is 1.43. The lowest BCUT2D eigenvalue weighted by atomic mass is 9.60. The fourth-order valence-electron chi connectivity index (χ4n) is 4.88.